The Morgan fingerprint density at radius 3 is 2.62 bits per heavy atom. The monoisotopic (exact) mass is 431 g/mol. The molecule has 1 saturated heterocycles. The Morgan fingerprint density at radius 2 is 1.94 bits per heavy atom. The van der Waals surface area contributed by atoms with E-state index in [0.29, 0.717) is 12.6 Å². The van der Waals surface area contributed by atoms with Crippen molar-refractivity contribution in [1.82, 2.24) is 14.7 Å². The fourth-order valence-electron chi connectivity index (χ4n) is 5.16. The van der Waals surface area contributed by atoms with E-state index >= 15 is 0 Å². The summed E-state index contributed by atoms with van der Waals surface area (Å²) in [5.74, 6) is 0.0386. The van der Waals surface area contributed by atoms with Crippen molar-refractivity contribution in [3.05, 3.63) is 59.8 Å². The number of hydrogen-bond donors (Lipinski definition) is 1. The van der Waals surface area contributed by atoms with Gasteiger partial charge in [-0.3, -0.25) is 9.48 Å². The number of carbonyl (C=O) groups excluding carboxylic acids is 1. The molecule has 0 unspecified atom stereocenters. The Labute approximate surface area is 190 Å². The molecule has 1 amide bonds. The highest BCUT2D eigenvalue weighted by Crippen LogP contribution is 2.36. The predicted molar refractivity (Wildman–Crippen MR) is 129 cm³/mol. The molecule has 6 heteroatoms. The minimum atomic E-state index is 0.0386. The number of benzene rings is 2. The standard InChI is InChI=1S/C26H33N5O/c1-2-24-23-12-11-21(16-25(23)31(28-24)20-9-6-10-20)29-13-14-30(26(32)17-27)22(18-29)15-19-7-4-3-5-8-19/h3-5,7-8,11-12,16,20,22H,2,6,9-10,13-15,17-18,27H2,1H3/t22-/m0/s1. The van der Waals surface area contributed by atoms with Crippen LogP contribution in [0.4, 0.5) is 5.69 Å². The van der Waals surface area contributed by atoms with Crippen molar-refractivity contribution in [2.75, 3.05) is 31.1 Å². The first-order valence-electron chi connectivity index (χ1n) is 12.0. The van der Waals surface area contributed by atoms with E-state index in [1.807, 2.05) is 11.0 Å². The Hall–Kier alpha value is -2.86. The molecule has 2 fully saturated rings. The van der Waals surface area contributed by atoms with Crippen LogP contribution in [-0.4, -0.2) is 52.8 Å². The van der Waals surface area contributed by atoms with E-state index in [1.54, 1.807) is 0 Å². The second kappa shape index (κ2) is 8.94. The van der Waals surface area contributed by atoms with Gasteiger partial charge in [0.05, 0.1) is 29.8 Å². The average Bonchev–Trinajstić information content (AvgIpc) is 3.15. The number of amides is 1. The molecule has 6 nitrogen and oxygen atoms in total. The van der Waals surface area contributed by atoms with Crippen LogP contribution in [0.5, 0.6) is 0 Å². The zero-order chi connectivity index (χ0) is 22.1. The Morgan fingerprint density at radius 1 is 1.12 bits per heavy atom. The van der Waals surface area contributed by atoms with Crippen LogP contribution < -0.4 is 10.6 Å². The zero-order valence-corrected chi connectivity index (χ0v) is 18.9. The number of hydrogen-bond acceptors (Lipinski definition) is 4. The summed E-state index contributed by atoms with van der Waals surface area (Å²) in [7, 11) is 0. The SMILES string of the molecule is CCc1nn(C2CCC2)c2cc(N3CCN(C(=O)CN)[C@@H](Cc4ccccc4)C3)ccc12. The van der Waals surface area contributed by atoms with Crippen LogP contribution in [0.2, 0.25) is 0 Å². The number of fused-ring (bicyclic) bond motifs is 1. The van der Waals surface area contributed by atoms with E-state index in [2.05, 4.69) is 59.0 Å². The van der Waals surface area contributed by atoms with E-state index in [4.69, 9.17) is 10.8 Å². The average molecular weight is 432 g/mol. The van der Waals surface area contributed by atoms with Gasteiger partial charge in [-0.2, -0.15) is 5.10 Å². The van der Waals surface area contributed by atoms with E-state index in [0.717, 1.165) is 25.9 Å². The van der Waals surface area contributed by atoms with Gasteiger partial charge in [0.2, 0.25) is 5.91 Å². The second-order valence-corrected chi connectivity index (χ2v) is 9.11. The van der Waals surface area contributed by atoms with Gasteiger partial charge in [0, 0.05) is 30.7 Å². The van der Waals surface area contributed by atoms with Crippen molar-refractivity contribution in [3.8, 4) is 0 Å². The number of aryl methyl sites for hydroxylation is 1. The molecule has 1 atom stereocenters. The normalized spacial score (nSPS) is 19.4. The van der Waals surface area contributed by atoms with Crippen molar-refractivity contribution in [2.24, 2.45) is 5.73 Å². The van der Waals surface area contributed by atoms with Crippen molar-refractivity contribution in [3.63, 3.8) is 0 Å². The van der Waals surface area contributed by atoms with Crippen molar-refractivity contribution < 1.29 is 4.79 Å². The van der Waals surface area contributed by atoms with Crippen molar-refractivity contribution >= 4 is 22.5 Å². The van der Waals surface area contributed by atoms with Gasteiger partial charge in [0.1, 0.15) is 0 Å². The van der Waals surface area contributed by atoms with Gasteiger partial charge in [-0.25, -0.2) is 0 Å². The van der Waals surface area contributed by atoms with Gasteiger partial charge < -0.3 is 15.5 Å². The largest absolute Gasteiger partial charge is 0.368 e. The smallest absolute Gasteiger partial charge is 0.236 e. The maximum absolute atomic E-state index is 12.6. The van der Waals surface area contributed by atoms with Crippen LogP contribution in [-0.2, 0) is 17.6 Å². The van der Waals surface area contributed by atoms with Crippen molar-refractivity contribution in [2.45, 2.75) is 51.1 Å². The van der Waals surface area contributed by atoms with Crippen LogP contribution in [0.3, 0.4) is 0 Å². The lowest BCUT2D eigenvalue weighted by Gasteiger charge is -2.42. The first-order valence-corrected chi connectivity index (χ1v) is 12.0. The minimum absolute atomic E-state index is 0.0386. The highest BCUT2D eigenvalue weighted by molar-refractivity contribution is 5.86. The van der Waals surface area contributed by atoms with Crippen molar-refractivity contribution in [1.29, 1.82) is 0 Å². The molecule has 2 heterocycles. The molecule has 2 N–H and O–H groups in total. The number of nitrogens with zero attached hydrogens (tertiary/aromatic N) is 4. The van der Waals surface area contributed by atoms with Gasteiger partial charge in [-0.15, -0.1) is 0 Å². The van der Waals surface area contributed by atoms with Gasteiger partial charge in [-0.1, -0.05) is 37.3 Å². The van der Waals surface area contributed by atoms with Crippen LogP contribution in [0.1, 0.15) is 43.5 Å². The van der Waals surface area contributed by atoms with Crippen LogP contribution in [0.25, 0.3) is 10.9 Å². The predicted octanol–water partition coefficient (Wildman–Crippen LogP) is 3.54. The molecule has 1 aromatic heterocycles. The van der Waals surface area contributed by atoms with Crippen LogP contribution in [0, 0.1) is 0 Å². The maximum atomic E-state index is 12.6. The Bertz CT molecular complexity index is 1090. The molecule has 0 radical (unpaired) electrons. The van der Waals surface area contributed by atoms with E-state index < -0.39 is 0 Å². The molecule has 0 bridgehead atoms. The molecule has 1 aliphatic heterocycles. The summed E-state index contributed by atoms with van der Waals surface area (Å²) < 4.78 is 2.27. The summed E-state index contributed by atoms with van der Waals surface area (Å²) in [5.41, 5.74) is 10.6. The number of aromatic nitrogens is 2. The first-order chi connectivity index (χ1) is 15.7. The number of carbonyl (C=O) groups is 1. The van der Waals surface area contributed by atoms with Gasteiger partial charge in [0.25, 0.3) is 0 Å². The summed E-state index contributed by atoms with van der Waals surface area (Å²) in [6, 6.07) is 17.9. The highest BCUT2D eigenvalue weighted by Gasteiger charge is 2.31. The van der Waals surface area contributed by atoms with Crippen LogP contribution in [0.15, 0.2) is 48.5 Å². The molecule has 2 aliphatic rings. The fourth-order valence-corrected chi connectivity index (χ4v) is 5.16. The summed E-state index contributed by atoms with van der Waals surface area (Å²) in [6.07, 6.45) is 5.54. The first kappa shape index (κ1) is 21.0. The zero-order valence-electron chi connectivity index (χ0n) is 18.9. The Balaban J connectivity index is 1.44. The van der Waals surface area contributed by atoms with Crippen LogP contribution >= 0.6 is 0 Å². The summed E-state index contributed by atoms with van der Waals surface area (Å²) in [6.45, 7) is 4.58. The lowest BCUT2D eigenvalue weighted by molar-refractivity contribution is -0.132. The fraction of sp³-hybridized carbons (Fsp3) is 0.462. The van der Waals surface area contributed by atoms with Gasteiger partial charge >= 0.3 is 0 Å². The third kappa shape index (κ3) is 3.88. The van der Waals surface area contributed by atoms with Gasteiger partial charge in [-0.05, 0) is 55.9 Å². The number of anilines is 1. The lowest BCUT2D eigenvalue weighted by atomic mass is 9.93. The molecule has 32 heavy (non-hydrogen) atoms. The third-order valence-electron chi connectivity index (χ3n) is 7.18. The molecular formula is C26H33N5O. The molecule has 5 rings (SSSR count). The molecular weight excluding hydrogens is 398 g/mol. The quantitative estimate of drug-likeness (QED) is 0.648. The molecule has 1 saturated carbocycles. The maximum Gasteiger partial charge on any atom is 0.236 e. The molecule has 1 aliphatic carbocycles. The summed E-state index contributed by atoms with van der Waals surface area (Å²) >= 11 is 0. The summed E-state index contributed by atoms with van der Waals surface area (Å²) in [4.78, 5) is 17.0. The number of piperazine rings is 1. The lowest BCUT2D eigenvalue weighted by Crippen LogP contribution is -2.57. The molecule has 0 spiro atoms. The molecule has 168 valence electrons. The van der Waals surface area contributed by atoms with Gasteiger partial charge in [0.15, 0.2) is 0 Å². The molecule has 3 aromatic rings. The highest BCUT2D eigenvalue weighted by atomic mass is 16.2. The third-order valence-corrected chi connectivity index (χ3v) is 7.18. The second-order valence-electron chi connectivity index (χ2n) is 9.11. The summed E-state index contributed by atoms with van der Waals surface area (Å²) in [5, 5.41) is 6.24. The molecule has 2 aromatic carbocycles. The van der Waals surface area contributed by atoms with E-state index in [-0.39, 0.29) is 18.5 Å². The topological polar surface area (TPSA) is 67.4 Å². The Kier molecular flexibility index (Phi) is 5.87. The van der Waals surface area contributed by atoms with E-state index in [9.17, 15) is 4.79 Å². The number of nitrogens with two attached hydrogens (primary N) is 1. The van der Waals surface area contributed by atoms with E-state index in [1.165, 1.54) is 47.1 Å². The number of rotatable bonds is 6. The minimum Gasteiger partial charge on any atom is -0.368 e.